The van der Waals surface area contributed by atoms with E-state index in [1.165, 1.54) is 24.3 Å². The molecule has 0 radical (unpaired) electrons. The van der Waals surface area contributed by atoms with E-state index in [2.05, 4.69) is 0 Å². The fourth-order valence-corrected chi connectivity index (χ4v) is 3.53. The van der Waals surface area contributed by atoms with Crippen LogP contribution in [0, 0.1) is 0 Å². The lowest BCUT2D eigenvalue weighted by Crippen LogP contribution is -2.11. The Morgan fingerprint density at radius 2 is 1.33 bits per heavy atom. The molecule has 0 saturated carbocycles. The Bertz CT molecular complexity index is 1090. The summed E-state index contributed by atoms with van der Waals surface area (Å²) in [5, 5.41) is 4.71. The largest absolute Gasteiger partial charge is 0.417 e. The van der Waals surface area contributed by atoms with Gasteiger partial charge in [-0.2, -0.15) is 13.2 Å². The van der Waals surface area contributed by atoms with Gasteiger partial charge >= 0.3 is 6.18 Å². The molecule has 0 spiro atoms. The molecule has 3 aromatic rings. The highest BCUT2D eigenvalue weighted by molar-refractivity contribution is 7.89. The van der Waals surface area contributed by atoms with Crippen molar-refractivity contribution in [1.29, 1.82) is 0 Å². The zero-order valence-corrected chi connectivity index (χ0v) is 15.2. The Morgan fingerprint density at radius 1 is 0.815 bits per heavy atom. The van der Waals surface area contributed by atoms with Crippen molar-refractivity contribution >= 4 is 21.6 Å². The summed E-state index contributed by atoms with van der Waals surface area (Å²) in [6, 6.07) is 16.6. The average molecular weight is 412 g/mol. The van der Waals surface area contributed by atoms with E-state index >= 15 is 0 Å². The minimum Gasteiger partial charge on any atom is -0.225 e. The maximum absolute atomic E-state index is 12.9. The molecule has 0 aliphatic rings. The van der Waals surface area contributed by atoms with Gasteiger partial charge in [0.15, 0.2) is 0 Å². The first kappa shape index (κ1) is 19.4. The second-order valence-electron chi connectivity index (χ2n) is 5.81. The van der Waals surface area contributed by atoms with Gasteiger partial charge in [0.05, 0.1) is 15.5 Å². The summed E-state index contributed by atoms with van der Waals surface area (Å²) in [4.78, 5) is -0.0266. The number of alkyl halides is 3. The second kappa shape index (κ2) is 6.99. The fraction of sp³-hybridized carbons (Fsp3) is 0.0526. The van der Waals surface area contributed by atoms with E-state index in [9.17, 15) is 21.6 Å². The van der Waals surface area contributed by atoms with Gasteiger partial charge in [-0.15, -0.1) is 0 Å². The highest BCUT2D eigenvalue weighted by atomic mass is 35.5. The molecule has 140 valence electrons. The second-order valence-corrected chi connectivity index (χ2v) is 7.78. The van der Waals surface area contributed by atoms with Crippen LogP contribution in [0.5, 0.6) is 0 Å². The van der Waals surface area contributed by atoms with E-state index in [1.807, 2.05) is 0 Å². The summed E-state index contributed by atoms with van der Waals surface area (Å²) >= 11 is 5.83. The van der Waals surface area contributed by atoms with Crippen molar-refractivity contribution in [3.8, 4) is 22.3 Å². The molecule has 0 atom stereocenters. The third-order valence-electron chi connectivity index (χ3n) is 4.01. The molecule has 2 N–H and O–H groups in total. The smallest absolute Gasteiger partial charge is 0.225 e. The highest BCUT2D eigenvalue weighted by Crippen LogP contribution is 2.39. The van der Waals surface area contributed by atoms with E-state index in [0.29, 0.717) is 22.3 Å². The fourth-order valence-electron chi connectivity index (χ4n) is 2.72. The Morgan fingerprint density at radius 3 is 1.81 bits per heavy atom. The van der Waals surface area contributed by atoms with E-state index < -0.39 is 21.8 Å². The van der Waals surface area contributed by atoms with Crippen LogP contribution >= 0.6 is 11.6 Å². The predicted molar refractivity (Wildman–Crippen MR) is 98.7 cm³/mol. The Hall–Kier alpha value is -2.35. The number of hydrogen-bond donors (Lipinski definition) is 1. The van der Waals surface area contributed by atoms with Crippen LogP contribution in [0.25, 0.3) is 22.3 Å². The zero-order valence-electron chi connectivity index (χ0n) is 13.7. The first-order valence-corrected chi connectivity index (χ1v) is 9.59. The lowest BCUT2D eigenvalue weighted by Gasteiger charge is -2.13. The first-order chi connectivity index (χ1) is 12.6. The highest BCUT2D eigenvalue weighted by Gasteiger charge is 2.33. The van der Waals surface area contributed by atoms with Crippen LogP contribution in [0.15, 0.2) is 71.6 Å². The van der Waals surface area contributed by atoms with Crippen molar-refractivity contribution in [3.05, 3.63) is 77.3 Å². The molecular formula is C19H13ClF3NO2S. The number of halogens is 4. The number of sulfonamides is 1. The van der Waals surface area contributed by atoms with Crippen LogP contribution in [-0.4, -0.2) is 8.42 Å². The minimum atomic E-state index is -4.53. The number of nitrogens with two attached hydrogens (primary N) is 1. The standard InChI is InChI=1S/C19H13ClF3NO2S/c20-18-11-13(7-10-17(18)19(21,22)23)16-4-2-1-3-15(16)12-5-8-14(9-6-12)27(24,25)26/h1-11H,(H2,24,25,26). The van der Waals surface area contributed by atoms with Crippen LogP contribution in [0.1, 0.15) is 5.56 Å². The Kier molecular flexibility index (Phi) is 5.03. The predicted octanol–water partition coefficient (Wildman–Crippen LogP) is 5.34. The SMILES string of the molecule is NS(=O)(=O)c1ccc(-c2ccccc2-c2ccc(C(F)(F)F)c(Cl)c2)cc1. The minimum absolute atomic E-state index is 0.0266. The van der Waals surface area contributed by atoms with Gasteiger partial charge in [0.2, 0.25) is 10.0 Å². The van der Waals surface area contributed by atoms with Crippen molar-refractivity contribution in [3.63, 3.8) is 0 Å². The van der Waals surface area contributed by atoms with Gasteiger partial charge in [0.25, 0.3) is 0 Å². The van der Waals surface area contributed by atoms with E-state index in [-0.39, 0.29) is 9.92 Å². The van der Waals surface area contributed by atoms with E-state index in [1.54, 1.807) is 36.4 Å². The quantitative estimate of drug-likeness (QED) is 0.632. The number of primary sulfonamides is 1. The number of benzene rings is 3. The molecule has 3 aromatic carbocycles. The lowest BCUT2D eigenvalue weighted by molar-refractivity contribution is -0.137. The van der Waals surface area contributed by atoms with Gasteiger partial charge in [-0.05, 0) is 46.5 Å². The van der Waals surface area contributed by atoms with Crippen molar-refractivity contribution in [2.45, 2.75) is 11.1 Å². The lowest BCUT2D eigenvalue weighted by atomic mass is 9.94. The molecule has 0 aliphatic heterocycles. The van der Waals surface area contributed by atoms with Crippen LogP contribution in [-0.2, 0) is 16.2 Å². The number of hydrogen-bond acceptors (Lipinski definition) is 2. The summed E-state index contributed by atoms with van der Waals surface area (Å²) in [6.07, 6.45) is -4.53. The Balaban J connectivity index is 2.09. The summed E-state index contributed by atoms with van der Waals surface area (Å²) in [6.45, 7) is 0. The van der Waals surface area contributed by atoms with Crippen molar-refractivity contribution in [1.82, 2.24) is 0 Å². The summed E-state index contributed by atoms with van der Waals surface area (Å²) in [5.41, 5.74) is 1.68. The maximum atomic E-state index is 12.9. The molecule has 0 aliphatic carbocycles. The zero-order chi connectivity index (χ0) is 19.8. The molecule has 0 bridgehead atoms. The summed E-state index contributed by atoms with van der Waals surface area (Å²) < 4.78 is 61.5. The first-order valence-electron chi connectivity index (χ1n) is 7.67. The molecule has 8 heteroatoms. The van der Waals surface area contributed by atoms with Crippen LogP contribution in [0.2, 0.25) is 5.02 Å². The molecule has 0 unspecified atom stereocenters. The third-order valence-corrected chi connectivity index (χ3v) is 5.25. The van der Waals surface area contributed by atoms with E-state index in [0.717, 1.165) is 6.07 Å². The Labute approximate surface area is 159 Å². The summed E-state index contributed by atoms with van der Waals surface area (Å²) in [5.74, 6) is 0. The van der Waals surface area contributed by atoms with Gasteiger partial charge in [0, 0.05) is 0 Å². The van der Waals surface area contributed by atoms with Gasteiger partial charge < -0.3 is 0 Å². The normalized spacial score (nSPS) is 12.2. The van der Waals surface area contributed by atoms with Crippen molar-refractivity contribution in [2.24, 2.45) is 5.14 Å². The van der Waals surface area contributed by atoms with Gasteiger partial charge in [-0.3, -0.25) is 0 Å². The van der Waals surface area contributed by atoms with Crippen LogP contribution < -0.4 is 5.14 Å². The van der Waals surface area contributed by atoms with Crippen LogP contribution in [0.4, 0.5) is 13.2 Å². The number of rotatable bonds is 3. The van der Waals surface area contributed by atoms with Gasteiger partial charge in [0.1, 0.15) is 0 Å². The molecule has 27 heavy (non-hydrogen) atoms. The summed E-state index contributed by atoms with van der Waals surface area (Å²) in [7, 11) is -3.81. The topological polar surface area (TPSA) is 60.2 Å². The molecule has 3 nitrogen and oxygen atoms in total. The molecule has 0 amide bonds. The van der Waals surface area contributed by atoms with Crippen molar-refractivity contribution < 1.29 is 21.6 Å². The van der Waals surface area contributed by atoms with Gasteiger partial charge in [-0.25, -0.2) is 13.6 Å². The molecule has 0 fully saturated rings. The molecule has 0 saturated heterocycles. The monoisotopic (exact) mass is 411 g/mol. The third kappa shape index (κ3) is 4.16. The van der Waals surface area contributed by atoms with E-state index in [4.69, 9.17) is 16.7 Å². The van der Waals surface area contributed by atoms with Crippen LogP contribution in [0.3, 0.4) is 0 Å². The molecule has 0 aromatic heterocycles. The molecular weight excluding hydrogens is 399 g/mol. The van der Waals surface area contributed by atoms with Crippen molar-refractivity contribution in [2.75, 3.05) is 0 Å². The average Bonchev–Trinajstić information content (AvgIpc) is 2.60. The van der Waals surface area contributed by atoms with Gasteiger partial charge in [-0.1, -0.05) is 54.1 Å². The maximum Gasteiger partial charge on any atom is 0.417 e. The molecule has 0 heterocycles. The molecule has 3 rings (SSSR count).